The van der Waals surface area contributed by atoms with E-state index in [1.165, 1.54) is 18.9 Å². The summed E-state index contributed by atoms with van der Waals surface area (Å²) in [6, 6.07) is 13.3. The molecule has 11 heteroatoms. The Labute approximate surface area is 206 Å². The molecule has 2 amide bonds. The first-order valence-electron chi connectivity index (χ1n) is 10.5. The monoisotopic (exact) mass is 495 g/mol. The van der Waals surface area contributed by atoms with Crippen molar-refractivity contribution in [2.45, 2.75) is 18.2 Å². The van der Waals surface area contributed by atoms with E-state index in [0.717, 1.165) is 0 Å². The summed E-state index contributed by atoms with van der Waals surface area (Å²) in [6.07, 6.45) is 1.68. The van der Waals surface area contributed by atoms with Crippen LogP contribution >= 0.6 is 11.8 Å². The molecule has 0 saturated heterocycles. The fraction of sp³-hybridized carbons (Fsp3) is 0.208. The molecular formula is C24H25N5O5S. The predicted octanol–water partition coefficient (Wildman–Crippen LogP) is 2.92. The third-order valence-electron chi connectivity index (χ3n) is 4.80. The van der Waals surface area contributed by atoms with Gasteiger partial charge in [-0.15, -0.1) is 16.8 Å². The van der Waals surface area contributed by atoms with Gasteiger partial charge in [0, 0.05) is 12.1 Å². The molecule has 0 bridgehead atoms. The number of rotatable bonds is 11. The van der Waals surface area contributed by atoms with E-state index in [1.54, 1.807) is 66.3 Å². The number of benzene rings is 2. The minimum absolute atomic E-state index is 0.0307. The Morgan fingerprint density at radius 2 is 1.83 bits per heavy atom. The number of para-hydroxylation sites is 1. The zero-order chi connectivity index (χ0) is 25.2. The van der Waals surface area contributed by atoms with Gasteiger partial charge in [-0.05, 0) is 36.4 Å². The van der Waals surface area contributed by atoms with Crippen molar-refractivity contribution < 1.29 is 23.9 Å². The highest BCUT2D eigenvalue weighted by Gasteiger charge is 2.17. The maximum absolute atomic E-state index is 12.5. The summed E-state index contributed by atoms with van der Waals surface area (Å²) in [4.78, 5) is 36.9. The lowest BCUT2D eigenvalue weighted by Gasteiger charge is -2.10. The number of carbonyl (C=O) groups is 3. The van der Waals surface area contributed by atoms with Crippen LogP contribution < -0.4 is 15.4 Å². The second-order valence-corrected chi connectivity index (χ2v) is 8.03. The van der Waals surface area contributed by atoms with Crippen LogP contribution in [0.25, 0.3) is 0 Å². The fourth-order valence-electron chi connectivity index (χ4n) is 3.07. The Bertz CT molecular complexity index is 1210. The van der Waals surface area contributed by atoms with Gasteiger partial charge in [-0.1, -0.05) is 30.0 Å². The highest BCUT2D eigenvalue weighted by Crippen LogP contribution is 2.20. The van der Waals surface area contributed by atoms with Gasteiger partial charge >= 0.3 is 5.97 Å². The summed E-state index contributed by atoms with van der Waals surface area (Å²) in [5.41, 5.74) is 1.11. The van der Waals surface area contributed by atoms with Crippen LogP contribution in [0.2, 0.25) is 0 Å². The Kier molecular flexibility index (Phi) is 9.02. The molecule has 1 heterocycles. The van der Waals surface area contributed by atoms with Crippen LogP contribution in [-0.4, -0.2) is 52.5 Å². The van der Waals surface area contributed by atoms with Crippen molar-refractivity contribution in [1.29, 1.82) is 0 Å². The molecule has 182 valence electrons. The predicted molar refractivity (Wildman–Crippen MR) is 132 cm³/mol. The molecule has 0 radical (unpaired) electrons. The third kappa shape index (κ3) is 6.70. The Morgan fingerprint density at radius 1 is 1.09 bits per heavy atom. The quantitative estimate of drug-likeness (QED) is 0.236. The number of allylic oxidation sites excluding steroid dienone is 1. The number of nitrogens with zero attached hydrogens (tertiary/aromatic N) is 3. The summed E-state index contributed by atoms with van der Waals surface area (Å²) < 4.78 is 11.6. The second-order valence-electron chi connectivity index (χ2n) is 7.08. The summed E-state index contributed by atoms with van der Waals surface area (Å²) in [7, 11) is 2.84. The molecule has 3 aromatic rings. The van der Waals surface area contributed by atoms with Crippen LogP contribution in [0.15, 0.2) is 66.3 Å². The first kappa shape index (κ1) is 25.5. The van der Waals surface area contributed by atoms with E-state index in [0.29, 0.717) is 34.5 Å². The molecule has 0 unspecified atom stereocenters. The molecule has 2 aromatic carbocycles. The standard InChI is InChI=1S/C24H25N5O5S/c1-4-13-29-20(14-25-22(31)16-9-11-17(33-2)12-10-16)27-28-24(29)35-15-21(30)26-19-8-6-5-7-18(19)23(32)34-3/h4-12H,1,13-15H2,2-3H3,(H,25,31)(H,26,30). The van der Waals surface area contributed by atoms with Crippen LogP contribution in [0.3, 0.4) is 0 Å². The van der Waals surface area contributed by atoms with Gasteiger partial charge < -0.3 is 24.7 Å². The zero-order valence-corrected chi connectivity index (χ0v) is 20.1. The molecule has 35 heavy (non-hydrogen) atoms. The van der Waals surface area contributed by atoms with Gasteiger partial charge in [-0.3, -0.25) is 9.59 Å². The van der Waals surface area contributed by atoms with E-state index in [9.17, 15) is 14.4 Å². The zero-order valence-electron chi connectivity index (χ0n) is 19.3. The Morgan fingerprint density at radius 3 is 2.51 bits per heavy atom. The lowest BCUT2D eigenvalue weighted by Crippen LogP contribution is -2.24. The average Bonchev–Trinajstić information content (AvgIpc) is 3.27. The highest BCUT2D eigenvalue weighted by atomic mass is 32.2. The van der Waals surface area contributed by atoms with Crippen molar-refractivity contribution in [2.75, 3.05) is 25.3 Å². The number of hydrogen-bond acceptors (Lipinski definition) is 8. The van der Waals surface area contributed by atoms with Crippen molar-refractivity contribution >= 4 is 35.2 Å². The van der Waals surface area contributed by atoms with Crippen molar-refractivity contribution in [3.63, 3.8) is 0 Å². The van der Waals surface area contributed by atoms with E-state index in [-0.39, 0.29) is 29.7 Å². The molecule has 0 aliphatic carbocycles. The summed E-state index contributed by atoms with van der Waals surface area (Å²) in [6.45, 7) is 4.30. The molecule has 3 rings (SSSR count). The van der Waals surface area contributed by atoms with Crippen molar-refractivity contribution in [2.24, 2.45) is 0 Å². The Hall–Kier alpha value is -4.12. The van der Waals surface area contributed by atoms with E-state index in [2.05, 4.69) is 27.4 Å². The molecule has 0 aliphatic rings. The molecule has 0 saturated carbocycles. The van der Waals surface area contributed by atoms with Crippen LogP contribution in [0.1, 0.15) is 26.5 Å². The van der Waals surface area contributed by atoms with E-state index < -0.39 is 5.97 Å². The number of methoxy groups -OCH3 is 2. The minimum Gasteiger partial charge on any atom is -0.497 e. The molecule has 1 aromatic heterocycles. The number of thioether (sulfide) groups is 1. The lowest BCUT2D eigenvalue weighted by atomic mass is 10.2. The lowest BCUT2D eigenvalue weighted by molar-refractivity contribution is -0.113. The van der Waals surface area contributed by atoms with E-state index in [4.69, 9.17) is 9.47 Å². The van der Waals surface area contributed by atoms with Crippen molar-refractivity contribution in [1.82, 2.24) is 20.1 Å². The number of carbonyl (C=O) groups excluding carboxylic acids is 3. The number of ether oxygens (including phenoxy) is 2. The normalized spacial score (nSPS) is 10.3. The number of aromatic nitrogens is 3. The first-order chi connectivity index (χ1) is 17.0. The topological polar surface area (TPSA) is 124 Å². The van der Waals surface area contributed by atoms with Gasteiger partial charge in [0.15, 0.2) is 11.0 Å². The number of nitrogens with one attached hydrogen (secondary N) is 2. The largest absolute Gasteiger partial charge is 0.497 e. The average molecular weight is 496 g/mol. The third-order valence-corrected chi connectivity index (χ3v) is 5.77. The fourth-order valence-corrected chi connectivity index (χ4v) is 3.84. The molecule has 0 atom stereocenters. The molecule has 0 spiro atoms. The minimum atomic E-state index is -0.541. The van der Waals surface area contributed by atoms with Gasteiger partial charge in [0.2, 0.25) is 5.91 Å². The smallest absolute Gasteiger partial charge is 0.339 e. The highest BCUT2D eigenvalue weighted by molar-refractivity contribution is 7.99. The van der Waals surface area contributed by atoms with Crippen molar-refractivity contribution in [3.8, 4) is 5.75 Å². The van der Waals surface area contributed by atoms with Crippen LogP contribution in [0, 0.1) is 0 Å². The van der Waals surface area contributed by atoms with E-state index in [1.807, 2.05) is 0 Å². The number of hydrogen-bond donors (Lipinski definition) is 2. The second kappa shape index (κ2) is 12.4. The first-order valence-corrected chi connectivity index (χ1v) is 11.5. The van der Waals surface area contributed by atoms with Gasteiger partial charge in [0.05, 0.1) is 37.8 Å². The molecular weight excluding hydrogens is 470 g/mol. The van der Waals surface area contributed by atoms with Crippen LogP contribution in [0.4, 0.5) is 5.69 Å². The molecule has 0 fully saturated rings. The van der Waals surface area contributed by atoms with Crippen molar-refractivity contribution in [3.05, 3.63) is 78.1 Å². The van der Waals surface area contributed by atoms with Gasteiger partial charge in [0.25, 0.3) is 5.91 Å². The maximum Gasteiger partial charge on any atom is 0.339 e. The maximum atomic E-state index is 12.5. The number of esters is 1. The van der Waals surface area contributed by atoms with Crippen LogP contribution in [0.5, 0.6) is 5.75 Å². The van der Waals surface area contributed by atoms with E-state index >= 15 is 0 Å². The summed E-state index contributed by atoms with van der Waals surface area (Å²) in [5.74, 6) is 0.0776. The van der Waals surface area contributed by atoms with Gasteiger partial charge in [0.1, 0.15) is 5.75 Å². The summed E-state index contributed by atoms with van der Waals surface area (Å²) in [5, 5.41) is 14.3. The van der Waals surface area contributed by atoms with Crippen LogP contribution in [-0.2, 0) is 22.6 Å². The van der Waals surface area contributed by atoms with Gasteiger partial charge in [-0.2, -0.15) is 0 Å². The molecule has 10 nitrogen and oxygen atoms in total. The molecule has 2 N–H and O–H groups in total. The number of anilines is 1. The Balaban J connectivity index is 1.62. The molecule has 0 aliphatic heterocycles. The number of amides is 2. The van der Waals surface area contributed by atoms with Gasteiger partial charge in [-0.25, -0.2) is 4.79 Å². The SMILES string of the molecule is C=CCn1c(CNC(=O)c2ccc(OC)cc2)nnc1SCC(=O)Nc1ccccc1C(=O)OC. The summed E-state index contributed by atoms with van der Waals surface area (Å²) >= 11 is 1.18.